The van der Waals surface area contributed by atoms with Crippen LogP contribution in [0.2, 0.25) is 0 Å². The Kier molecular flexibility index (Phi) is 5.51. The van der Waals surface area contributed by atoms with Crippen molar-refractivity contribution < 1.29 is 0 Å². The van der Waals surface area contributed by atoms with Crippen LogP contribution in [0.3, 0.4) is 0 Å². The number of benzene rings is 1. The van der Waals surface area contributed by atoms with Crippen molar-refractivity contribution >= 4 is 0 Å². The summed E-state index contributed by atoms with van der Waals surface area (Å²) in [7, 11) is 0. The molecule has 0 aliphatic heterocycles. The summed E-state index contributed by atoms with van der Waals surface area (Å²) in [5, 5.41) is 7.94. The Balaban J connectivity index is 2.29. The van der Waals surface area contributed by atoms with E-state index in [2.05, 4.69) is 67.4 Å². The molecule has 2 aromatic rings. The number of aryl methyl sites for hydroxylation is 1. The Labute approximate surface area is 127 Å². The van der Waals surface area contributed by atoms with Gasteiger partial charge in [-0.1, -0.05) is 38.1 Å². The molecule has 1 unspecified atom stereocenters. The van der Waals surface area contributed by atoms with Gasteiger partial charge in [-0.25, -0.2) is 9.67 Å². The van der Waals surface area contributed by atoms with E-state index in [9.17, 15) is 0 Å². The summed E-state index contributed by atoms with van der Waals surface area (Å²) < 4.78 is 2.01. The fraction of sp³-hybridized carbons (Fsp3) is 0.529. The van der Waals surface area contributed by atoms with E-state index in [0.29, 0.717) is 6.04 Å². The Morgan fingerprint density at radius 3 is 2.62 bits per heavy atom. The van der Waals surface area contributed by atoms with Gasteiger partial charge in [-0.2, -0.15) is 5.10 Å². The number of nitrogens with one attached hydrogen (secondary N) is 1. The van der Waals surface area contributed by atoms with Crippen LogP contribution in [-0.2, 0) is 12.8 Å². The topological polar surface area (TPSA) is 42.7 Å². The maximum Gasteiger partial charge on any atom is 0.138 e. The van der Waals surface area contributed by atoms with Crippen LogP contribution in [0.4, 0.5) is 0 Å². The molecule has 4 heteroatoms. The molecule has 0 saturated heterocycles. The van der Waals surface area contributed by atoms with Gasteiger partial charge >= 0.3 is 0 Å². The molecule has 1 atom stereocenters. The maximum absolute atomic E-state index is 4.45. The molecule has 0 spiro atoms. The summed E-state index contributed by atoms with van der Waals surface area (Å²) in [6.45, 7) is 9.58. The molecule has 0 saturated carbocycles. The summed E-state index contributed by atoms with van der Waals surface area (Å²) in [4.78, 5) is 4.45. The Hall–Kier alpha value is -1.68. The highest BCUT2D eigenvalue weighted by Crippen LogP contribution is 2.22. The van der Waals surface area contributed by atoms with E-state index in [0.717, 1.165) is 25.2 Å². The van der Waals surface area contributed by atoms with E-state index in [4.69, 9.17) is 0 Å². The summed E-state index contributed by atoms with van der Waals surface area (Å²) in [6.07, 6.45) is 3.57. The first-order valence-corrected chi connectivity index (χ1v) is 7.86. The lowest BCUT2D eigenvalue weighted by molar-refractivity contribution is 0.467. The predicted molar refractivity (Wildman–Crippen MR) is 86.3 cm³/mol. The maximum atomic E-state index is 4.45. The highest BCUT2D eigenvalue weighted by Gasteiger charge is 2.18. The number of hydrogen-bond donors (Lipinski definition) is 1. The number of hydrogen-bond acceptors (Lipinski definition) is 3. The number of aromatic nitrogens is 3. The molecule has 1 aromatic carbocycles. The molecule has 0 radical (unpaired) electrons. The first kappa shape index (κ1) is 15.7. The second-order valence-electron chi connectivity index (χ2n) is 5.58. The van der Waals surface area contributed by atoms with Crippen LogP contribution in [0.15, 0.2) is 30.6 Å². The van der Waals surface area contributed by atoms with E-state index in [1.807, 2.05) is 4.68 Å². The molecule has 1 N–H and O–H groups in total. The first-order valence-electron chi connectivity index (χ1n) is 7.86. The fourth-order valence-corrected chi connectivity index (χ4v) is 2.77. The van der Waals surface area contributed by atoms with Crippen LogP contribution in [0.25, 0.3) is 0 Å². The van der Waals surface area contributed by atoms with Crippen LogP contribution < -0.4 is 5.32 Å². The normalized spacial score (nSPS) is 12.8. The molecule has 1 heterocycles. The second-order valence-corrected chi connectivity index (χ2v) is 5.58. The molecule has 0 amide bonds. The van der Waals surface area contributed by atoms with E-state index in [1.165, 1.54) is 11.1 Å². The van der Waals surface area contributed by atoms with Gasteiger partial charge in [0.1, 0.15) is 12.2 Å². The highest BCUT2D eigenvalue weighted by molar-refractivity contribution is 5.30. The molecular formula is C17H26N4. The summed E-state index contributed by atoms with van der Waals surface area (Å²) in [5.74, 6) is 1.04. The average molecular weight is 286 g/mol. The van der Waals surface area contributed by atoms with Crippen molar-refractivity contribution in [3.8, 4) is 0 Å². The van der Waals surface area contributed by atoms with Gasteiger partial charge < -0.3 is 5.32 Å². The van der Waals surface area contributed by atoms with Crippen molar-refractivity contribution in [3.05, 3.63) is 47.5 Å². The first-order chi connectivity index (χ1) is 10.2. The Bertz CT molecular complexity index is 559. The van der Waals surface area contributed by atoms with Gasteiger partial charge in [0.2, 0.25) is 0 Å². The molecule has 2 rings (SSSR count). The number of likely N-dealkylation sites (N-methyl/N-ethyl adjacent to an activating group) is 1. The minimum Gasteiger partial charge on any atom is -0.310 e. The smallest absolute Gasteiger partial charge is 0.138 e. The van der Waals surface area contributed by atoms with Gasteiger partial charge in [-0.15, -0.1) is 0 Å². The van der Waals surface area contributed by atoms with Crippen molar-refractivity contribution in [2.45, 2.75) is 52.6 Å². The molecule has 0 aliphatic rings. The molecular weight excluding hydrogens is 260 g/mol. The van der Waals surface area contributed by atoms with Gasteiger partial charge in [0.25, 0.3) is 0 Å². The zero-order valence-corrected chi connectivity index (χ0v) is 13.5. The van der Waals surface area contributed by atoms with Crippen LogP contribution in [-0.4, -0.2) is 21.3 Å². The lowest BCUT2D eigenvalue weighted by Gasteiger charge is -2.21. The zero-order valence-electron chi connectivity index (χ0n) is 13.5. The summed E-state index contributed by atoms with van der Waals surface area (Å²) in [5.41, 5.74) is 2.78. The molecule has 4 nitrogen and oxygen atoms in total. The molecule has 1 aromatic heterocycles. The molecule has 21 heavy (non-hydrogen) atoms. The van der Waals surface area contributed by atoms with Crippen molar-refractivity contribution in [1.82, 2.24) is 20.1 Å². The monoisotopic (exact) mass is 286 g/mol. The number of nitrogens with zero attached hydrogens (tertiary/aromatic N) is 3. The van der Waals surface area contributed by atoms with E-state index < -0.39 is 0 Å². The Morgan fingerprint density at radius 1 is 1.19 bits per heavy atom. The molecule has 114 valence electrons. The summed E-state index contributed by atoms with van der Waals surface area (Å²) >= 11 is 0. The average Bonchev–Trinajstić information content (AvgIpc) is 2.95. The minimum atomic E-state index is 0.285. The minimum absolute atomic E-state index is 0.285. The van der Waals surface area contributed by atoms with Crippen LogP contribution in [0, 0.1) is 0 Å². The second kappa shape index (κ2) is 7.36. The van der Waals surface area contributed by atoms with Crippen LogP contribution >= 0.6 is 0 Å². The predicted octanol–water partition coefficient (Wildman–Crippen LogP) is 3.31. The summed E-state index contributed by atoms with van der Waals surface area (Å²) in [6, 6.07) is 9.29. The third kappa shape index (κ3) is 3.70. The van der Waals surface area contributed by atoms with Gasteiger partial charge in [0.15, 0.2) is 0 Å². The number of rotatable bonds is 7. The van der Waals surface area contributed by atoms with E-state index in [-0.39, 0.29) is 6.04 Å². The molecule has 0 bridgehead atoms. The lowest BCUT2D eigenvalue weighted by Crippen LogP contribution is -2.25. The lowest BCUT2D eigenvalue weighted by atomic mass is 9.96. The van der Waals surface area contributed by atoms with Gasteiger partial charge in [-0.05, 0) is 37.9 Å². The standard InChI is InChI=1S/C17H26N4/c1-5-14-9-7-8-10-15(14)16(18-6-2)11-17-19-12-20-21(17)13(3)4/h7-10,12-13,16,18H,5-6,11H2,1-4H3. The van der Waals surface area contributed by atoms with Crippen molar-refractivity contribution in [1.29, 1.82) is 0 Å². The van der Waals surface area contributed by atoms with Crippen LogP contribution in [0.5, 0.6) is 0 Å². The quantitative estimate of drug-likeness (QED) is 0.849. The van der Waals surface area contributed by atoms with Gasteiger partial charge in [-0.3, -0.25) is 0 Å². The van der Waals surface area contributed by atoms with E-state index >= 15 is 0 Å². The fourth-order valence-electron chi connectivity index (χ4n) is 2.77. The van der Waals surface area contributed by atoms with E-state index in [1.54, 1.807) is 6.33 Å². The van der Waals surface area contributed by atoms with Crippen molar-refractivity contribution in [2.24, 2.45) is 0 Å². The van der Waals surface area contributed by atoms with Crippen molar-refractivity contribution in [2.75, 3.05) is 6.54 Å². The molecule has 0 fully saturated rings. The van der Waals surface area contributed by atoms with Gasteiger partial charge in [0, 0.05) is 18.5 Å². The highest BCUT2D eigenvalue weighted by atomic mass is 15.3. The Morgan fingerprint density at radius 2 is 1.95 bits per heavy atom. The zero-order chi connectivity index (χ0) is 15.2. The third-order valence-electron chi connectivity index (χ3n) is 3.79. The van der Waals surface area contributed by atoms with Gasteiger partial charge in [0.05, 0.1) is 0 Å². The SMILES string of the molecule is CCNC(Cc1ncnn1C(C)C)c1ccccc1CC. The third-order valence-corrected chi connectivity index (χ3v) is 3.79. The van der Waals surface area contributed by atoms with Crippen LogP contribution in [0.1, 0.15) is 56.7 Å². The molecule has 0 aliphatic carbocycles. The largest absolute Gasteiger partial charge is 0.310 e. The van der Waals surface area contributed by atoms with Crippen molar-refractivity contribution in [3.63, 3.8) is 0 Å².